The number of hydrogen-bond donors (Lipinski definition) is 1. The summed E-state index contributed by atoms with van der Waals surface area (Å²) in [6.07, 6.45) is 1.59. The lowest BCUT2D eigenvalue weighted by molar-refractivity contribution is 0.354. The van der Waals surface area contributed by atoms with E-state index in [1.54, 1.807) is 42.5 Å². The Morgan fingerprint density at radius 1 is 1.15 bits per heavy atom. The molecule has 1 N–H and O–H groups in total. The lowest BCUT2D eigenvalue weighted by Crippen LogP contribution is -2.11. The summed E-state index contributed by atoms with van der Waals surface area (Å²) in [6, 6.07) is 12.4. The van der Waals surface area contributed by atoms with E-state index in [4.69, 9.17) is 14.2 Å². The molecular formula is C20H17N3O4. The second-order valence-corrected chi connectivity index (χ2v) is 5.55. The predicted octanol–water partition coefficient (Wildman–Crippen LogP) is 3.01. The summed E-state index contributed by atoms with van der Waals surface area (Å²) in [5.74, 6) is 1.75. The highest BCUT2D eigenvalue weighted by Gasteiger charge is 2.12. The zero-order valence-electron chi connectivity index (χ0n) is 15.1. The number of methoxy groups -OCH3 is 3. The molecule has 2 aromatic carbocycles. The van der Waals surface area contributed by atoms with Gasteiger partial charge < -0.3 is 19.2 Å². The summed E-state index contributed by atoms with van der Waals surface area (Å²) in [5, 5.41) is 9.99. The number of aromatic amines is 1. The zero-order chi connectivity index (χ0) is 19.4. The van der Waals surface area contributed by atoms with Crippen LogP contribution >= 0.6 is 0 Å². The summed E-state index contributed by atoms with van der Waals surface area (Å²) >= 11 is 0. The molecule has 1 heterocycles. The lowest BCUT2D eigenvalue weighted by atomic mass is 10.1. The number of nitriles is 1. The average molecular weight is 363 g/mol. The molecule has 0 aliphatic rings. The van der Waals surface area contributed by atoms with Gasteiger partial charge in [0.25, 0.3) is 5.56 Å². The van der Waals surface area contributed by atoms with E-state index >= 15 is 0 Å². The number of H-pyrrole nitrogens is 1. The lowest BCUT2D eigenvalue weighted by Gasteiger charge is -2.10. The zero-order valence-corrected chi connectivity index (χ0v) is 15.1. The van der Waals surface area contributed by atoms with E-state index in [1.807, 2.05) is 0 Å². The SMILES string of the molecule is COc1ccc2nc(C(C#N)=Cc3cccc(OC)c3OC)[nH]c(=O)c2c1. The Labute approximate surface area is 155 Å². The first-order valence-corrected chi connectivity index (χ1v) is 8.02. The molecule has 7 heteroatoms. The second-order valence-electron chi connectivity index (χ2n) is 5.55. The van der Waals surface area contributed by atoms with Gasteiger partial charge in [-0.3, -0.25) is 4.79 Å². The van der Waals surface area contributed by atoms with Gasteiger partial charge in [-0.25, -0.2) is 4.98 Å². The third-order valence-corrected chi connectivity index (χ3v) is 4.02. The molecule has 0 amide bonds. The number of nitrogens with zero attached hydrogens (tertiary/aromatic N) is 2. The molecular weight excluding hydrogens is 346 g/mol. The van der Waals surface area contributed by atoms with Gasteiger partial charge in [0, 0.05) is 5.56 Å². The molecule has 0 bridgehead atoms. The minimum absolute atomic E-state index is 0.171. The number of para-hydroxylation sites is 1. The van der Waals surface area contributed by atoms with Crippen LogP contribution in [0.2, 0.25) is 0 Å². The Bertz CT molecular complexity index is 1130. The normalized spacial score (nSPS) is 11.1. The highest BCUT2D eigenvalue weighted by atomic mass is 16.5. The van der Waals surface area contributed by atoms with Crippen LogP contribution in [0.1, 0.15) is 11.4 Å². The Kier molecular flexibility index (Phi) is 5.08. The molecule has 0 unspecified atom stereocenters. The highest BCUT2D eigenvalue weighted by Crippen LogP contribution is 2.33. The van der Waals surface area contributed by atoms with E-state index in [0.29, 0.717) is 33.7 Å². The molecule has 0 saturated heterocycles. The van der Waals surface area contributed by atoms with Gasteiger partial charge in [0.05, 0.1) is 37.8 Å². The van der Waals surface area contributed by atoms with Gasteiger partial charge in [0.15, 0.2) is 17.3 Å². The number of nitrogens with one attached hydrogen (secondary N) is 1. The number of fused-ring (bicyclic) bond motifs is 1. The fraction of sp³-hybridized carbons (Fsp3) is 0.150. The molecule has 0 atom stereocenters. The van der Waals surface area contributed by atoms with Crippen LogP contribution in [0.3, 0.4) is 0 Å². The van der Waals surface area contributed by atoms with Crippen molar-refractivity contribution < 1.29 is 14.2 Å². The summed E-state index contributed by atoms with van der Waals surface area (Å²) in [5.41, 5.74) is 0.934. The Hall–Kier alpha value is -3.79. The number of rotatable bonds is 5. The van der Waals surface area contributed by atoms with Crippen molar-refractivity contribution in [2.24, 2.45) is 0 Å². The maximum absolute atomic E-state index is 12.4. The monoisotopic (exact) mass is 363 g/mol. The van der Waals surface area contributed by atoms with Crippen LogP contribution in [0.15, 0.2) is 41.2 Å². The second kappa shape index (κ2) is 7.62. The van der Waals surface area contributed by atoms with Crippen molar-refractivity contribution in [3.63, 3.8) is 0 Å². The summed E-state index contributed by atoms with van der Waals surface area (Å²) < 4.78 is 15.8. The number of hydrogen-bond acceptors (Lipinski definition) is 6. The minimum atomic E-state index is -0.354. The third-order valence-electron chi connectivity index (χ3n) is 4.02. The van der Waals surface area contributed by atoms with Crippen molar-refractivity contribution in [2.75, 3.05) is 21.3 Å². The Balaban J connectivity index is 2.16. The highest BCUT2D eigenvalue weighted by molar-refractivity contribution is 5.90. The van der Waals surface area contributed by atoms with Gasteiger partial charge >= 0.3 is 0 Å². The van der Waals surface area contributed by atoms with Crippen LogP contribution in [0.5, 0.6) is 17.2 Å². The van der Waals surface area contributed by atoms with Crippen LogP contribution < -0.4 is 19.8 Å². The summed E-state index contributed by atoms with van der Waals surface area (Å²) in [4.78, 5) is 19.5. The molecule has 136 valence electrons. The smallest absolute Gasteiger partial charge is 0.259 e. The number of benzene rings is 2. The minimum Gasteiger partial charge on any atom is -0.497 e. The molecule has 1 aromatic heterocycles. The van der Waals surface area contributed by atoms with Crippen molar-refractivity contribution in [1.82, 2.24) is 9.97 Å². The van der Waals surface area contributed by atoms with Gasteiger partial charge in [0.1, 0.15) is 11.8 Å². The number of allylic oxidation sites excluding steroid dienone is 1. The van der Waals surface area contributed by atoms with Crippen molar-refractivity contribution in [3.8, 4) is 23.3 Å². The van der Waals surface area contributed by atoms with Crippen LogP contribution in [0.4, 0.5) is 0 Å². The van der Waals surface area contributed by atoms with Crippen molar-refractivity contribution in [1.29, 1.82) is 5.26 Å². The molecule has 0 aliphatic carbocycles. The van der Waals surface area contributed by atoms with Gasteiger partial charge in [0.2, 0.25) is 0 Å². The maximum atomic E-state index is 12.4. The standard InChI is InChI=1S/C20H17N3O4/c1-25-14-7-8-16-15(10-14)20(24)23-19(22-16)13(11-21)9-12-5-4-6-17(26-2)18(12)27-3/h4-10H,1-3H3,(H,22,23,24). The maximum Gasteiger partial charge on any atom is 0.259 e. The largest absolute Gasteiger partial charge is 0.497 e. The van der Waals surface area contributed by atoms with Gasteiger partial charge in [-0.2, -0.15) is 5.26 Å². The van der Waals surface area contributed by atoms with E-state index in [1.165, 1.54) is 21.3 Å². The quantitative estimate of drug-likeness (QED) is 0.700. The van der Waals surface area contributed by atoms with Crippen molar-refractivity contribution in [3.05, 3.63) is 58.1 Å². The van der Waals surface area contributed by atoms with E-state index in [9.17, 15) is 10.1 Å². The Morgan fingerprint density at radius 2 is 1.96 bits per heavy atom. The number of aromatic nitrogens is 2. The molecule has 0 fully saturated rings. The van der Waals surface area contributed by atoms with Crippen molar-refractivity contribution in [2.45, 2.75) is 0 Å². The van der Waals surface area contributed by atoms with E-state index in [0.717, 1.165) is 0 Å². The molecule has 0 radical (unpaired) electrons. The first-order valence-electron chi connectivity index (χ1n) is 8.02. The third kappa shape index (κ3) is 3.46. The molecule has 27 heavy (non-hydrogen) atoms. The molecule has 0 saturated carbocycles. The van der Waals surface area contributed by atoms with Gasteiger partial charge in [-0.15, -0.1) is 0 Å². The molecule has 0 aliphatic heterocycles. The molecule has 0 spiro atoms. The van der Waals surface area contributed by atoms with E-state index in [-0.39, 0.29) is 17.0 Å². The number of ether oxygens (including phenoxy) is 3. The van der Waals surface area contributed by atoms with Crippen LogP contribution in [-0.4, -0.2) is 31.3 Å². The fourth-order valence-corrected chi connectivity index (χ4v) is 2.71. The van der Waals surface area contributed by atoms with Crippen LogP contribution in [-0.2, 0) is 0 Å². The topological polar surface area (TPSA) is 97.2 Å². The molecule has 3 aromatic rings. The fourth-order valence-electron chi connectivity index (χ4n) is 2.71. The summed E-state index contributed by atoms with van der Waals surface area (Å²) in [7, 11) is 4.58. The van der Waals surface area contributed by atoms with Crippen molar-refractivity contribution >= 4 is 22.6 Å². The summed E-state index contributed by atoms with van der Waals surface area (Å²) in [6.45, 7) is 0. The van der Waals surface area contributed by atoms with Gasteiger partial charge in [-0.05, 0) is 30.3 Å². The van der Waals surface area contributed by atoms with Crippen LogP contribution in [0.25, 0.3) is 22.6 Å². The predicted molar refractivity (Wildman–Crippen MR) is 102 cm³/mol. The van der Waals surface area contributed by atoms with E-state index < -0.39 is 0 Å². The van der Waals surface area contributed by atoms with E-state index in [2.05, 4.69) is 16.0 Å². The average Bonchev–Trinajstić information content (AvgIpc) is 2.71. The first-order chi connectivity index (χ1) is 13.1. The molecule has 3 rings (SSSR count). The molecule has 7 nitrogen and oxygen atoms in total. The van der Waals surface area contributed by atoms with Crippen LogP contribution in [0, 0.1) is 11.3 Å². The van der Waals surface area contributed by atoms with Gasteiger partial charge in [-0.1, -0.05) is 12.1 Å². The Morgan fingerprint density at radius 3 is 2.63 bits per heavy atom. The first kappa shape index (κ1) is 18.0.